The molecule has 92 valence electrons. The second-order valence-electron chi connectivity index (χ2n) is 4.15. The molecule has 0 aliphatic heterocycles. The van der Waals surface area contributed by atoms with Gasteiger partial charge in [-0.15, -0.1) is 16.7 Å². The molecule has 0 unspecified atom stereocenters. The maximum atomic E-state index is 5.85. The van der Waals surface area contributed by atoms with Gasteiger partial charge in [0.2, 0.25) is 0 Å². The van der Waals surface area contributed by atoms with Gasteiger partial charge in [0.25, 0.3) is 0 Å². The minimum Gasteiger partial charge on any atom is -0.249 e. The second kappa shape index (κ2) is 7.66. The van der Waals surface area contributed by atoms with Gasteiger partial charge in [-0.05, 0) is 12.8 Å². The van der Waals surface area contributed by atoms with E-state index in [1.54, 1.807) is 0 Å². The lowest BCUT2D eigenvalue weighted by molar-refractivity contribution is 0.510. The van der Waals surface area contributed by atoms with Gasteiger partial charge in [0, 0.05) is 6.54 Å². The molecule has 0 aromatic carbocycles. The molecule has 0 amide bonds. The Kier molecular flexibility index (Phi) is 6.46. The average molecular weight is 244 g/mol. The predicted octanol–water partition coefficient (Wildman–Crippen LogP) is 3.55. The number of hydrogen-bond acceptors (Lipinski definition) is 2. The first-order valence-electron chi connectivity index (χ1n) is 6.30. The van der Waals surface area contributed by atoms with Gasteiger partial charge in [-0.1, -0.05) is 44.7 Å². The van der Waals surface area contributed by atoms with Crippen molar-refractivity contribution in [2.75, 3.05) is 0 Å². The molecule has 4 heteroatoms. The summed E-state index contributed by atoms with van der Waals surface area (Å²) in [6.45, 7) is 5.38. The molecule has 0 spiro atoms. The molecule has 3 nitrogen and oxygen atoms in total. The van der Waals surface area contributed by atoms with Gasteiger partial charge in [0.05, 0.1) is 11.6 Å². The number of halogens is 1. The Hall–Kier alpha value is -0.570. The maximum absolute atomic E-state index is 5.85. The van der Waals surface area contributed by atoms with Gasteiger partial charge in [0.15, 0.2) is 0 Å². The largest absolute Gasteiger partial charge is 0.249 e. The van der Waals surface area contributed by atoms with Crippen LogP contribution in [0.15, 0.2) is 0 Å². The molecule has 0 N–H and O–H groups in total. The molecular formula is C12H22ClN3. The van der Waals surface area contributed by atoms with Crippen LogP contribution in [0.2, 0.25) is 0 Å². The summed E-state index contributed by atoms with van der Waals surface area (Å²) >= 11 is 5.85. The lowest BCUT2D eigenvalue weighted by Gasteiger charge is -2.06. The summed E-state index contributed by atoms with van der Waals surface area (Å²) in [6.07, 6.45) is 7.19. The Bertz CT molecular complexity index is 296. The molecule has 0 aliphatic carbocycles. The van der Waals surface area contributed by atoms with Crippen molar-refractivity contribution in [2.24, 2.45) is 0 Å². The van der Waals surface area contributed by atoms with E-state index in [4.69, 9.17) is 11.6 Å². The monoisotopic (exact) mass is 243 g/mol. The van der Waals surface area contributed by atoms with Crippen molar-refractivity contribution in [3.63, 3.8) is 0 Å². The van der Waals surface area contributed by atoms with E-state index in [0.29, 0.717) is 5.88 Å². The average Bonchev–Trinajstić information content (AvgIpc) is 2.68. The Morgan fingerprint density at radius 3 is 2.56 bits per heavy atom. The fourth-order valence-electron chi connectivity index (χ4n) is 1.85. The molecule has 1 rings (SSSR count). The first-order chi connectivity index (χ1) is 7.83. The number of aryl methyl sites for hydroxylation is 1. The molecule has 1 aromatic heterocycles. The number of alkyl halides is 1. The number of unbranched alkanes of at least 4 members (excludes halogenated alkanes) is 3. The van der Waals surface area contributed by atoms with Crippen molar-refractivity contribution in [3.05, 3.63) is 11.4 Å². The molecule has 0 saturated heterocycles. The minimum atomic E-state index is 0.476. The SMILES string of the molecule is CCCCCCn1nnc(CCl)c1CCC. The first kappa shape index (κ1) is 13.5. The van der Waals surface area contributed by atoms with Crippen LogP contribution in [0.3, 0.4) is 0 Å². The predicted molar refractivity (Wildman–Crippen MR) is 67.7 cm³/mol. The van der Waals surface area contributed by atoms with E-state index in [9.17, 15) is 0 Å². The van der Waals surface area contributed by atoms with Crippen LogP contribution in [0, 0.1) is 0 Å². The Morgan fingerprint density at radius 1 is 1.12 bits per heavy atom. The summed E-state index contributed by atoms with van der Waals surface area (Å²) in [6, 6.07) is 0. The quantitative estimate of drug-likeness (QED) is 0.516. The summed E-state index contributed by atoms with van der Waals surface area (Å²) in [4.78, 5) is 0. The summed E-state index contributed by atoms with van der Waals surface area (Å²) < 4.78 is 2.04. The van der Waals surface area contributed by atoms with E-state index in [1.807, 2.05) is 4.68 Å². The molecule has 0 aliphatic rings. The van der Waals surface area contributed by atoms with Gasteiger partial charge in [0.1, 0.15) is 5.69 Å². The number of rotatable bonds is 8. The standard InChI is InChI=1S/C12H22ClN3/c1-3-5-6-7-9-16-12(8-4-2)11(10-13)14-15-16/h3-10H2,1-2H3. The van der Waals surface area contributed by atoms with Crippen LogP contribution in [0.1, 0.15) is 57.3 Å². The Morgan fingerprint density at radius 2 is 1.94 bits per heavy atom. The van der Waals surface area contributed by atoms with E-state index < -0.39 is 0 Å². The summed E-state index contributed by atoms with van der Waals surface area (Å²) in [7, 11) is 0. The fraction of sp³-hybridized carbons (Fsp3) is 0.833. The zero-order chi connectivity index (χ0) is 11.8. The van der Waals surface area contributed by atoms with E-state index in [-0.39, 0.29) is 0 Å². The van der Waals surface area contributed by atoms with Crippen molar-refractivity contribution in [3.8, 4) is 0 Å². The van der Waals surface area contributed by atoms with Crippen molar-refractivity contribution < 1.29 is 0 Å². The number of nitrogens with zero attached hydrogens (tertiary/aromatic N) is 3. The molecule has 16 heavy (non-hydrogen) atoms. The van der Waals surface area contributed by atoms with E-state index in [0.717, 1.165) is 25.1 Å². The third-order valence-electron chi connectivity index (χ3n) is 2.75. The summed E-state index contributed by atoms with van der Waals surface area (Å²) in [5, 5.41) is 8.32. The molecule has 0 bridgehead atoms. The van der Waals surface area contributed by atoms with Gasteiger partial charge in [-0.3, -0.25) is 0 Å². The highest BCUT2D eigenvalue weighted by Crippen LogP contribution is 2.12. The van der Waals surface area contributed by atoms with E-state index in [2.05, 4.69) is 24.2 Å². The lowest BCUT2D eigenvalue weighted by Crippen LogP contribution is -2.06. The third-order valence-corrected chi connectivity index (χ3v) is 3.01. The van der Waals surface area contributed by atoms with Gasteiger partial charge < -0.3 is 0 Å². The van der Waals surface area contributed by atoms with Gasteiger partial charge in [-0.2, -0.15) is 0 Å². The van der Waals surface area contributed by atoms with Crippen molar-refractivity contribution in [1.29, 1.82) is 0 Å². The maximum Gasteiger partial charge on any atom is 0.101 e. The second-order valence-corrected chi connectivity index (χ2v) is 4.42. The molecule has 1 aromatic rings. The fourth-order valence-corrected chi connectivity index (χ4v) is 2.06. The zero-order valence-corrected chi connectivity index (χ0v) is 11.1. The summed E-state index contributed by atoms with van der Waals surface area (Å²) in [5.74, 6) is 0.476. The van der Waals surface area contributed by atoms with Crippen LogP contribution < -0.4 is 0 Å². The number of hydrogen-bond donors (Lipinski definition) is 0. The van der Waals surface area contributed by atoms with Crippen molar-refractivity contribution >= 4 is 11.6 Å². The molecule has 0 atom stereocenters. The topological polar surface area (TPSA) is 30.7 Å². The van der Waals surface area contributed by atoms with Crippen LogP contribution >= 0.6 is 11.6 Å². The van der Waals surface area contributed by atoms with Gasteiger partial charge in [-0.25, -0.2) is 4.68 Å². The molecule has 1 heterocycles. The van der Waals surface area contributed by atoms with E-state index >= 15 is 0 Å². The highest BCUT2D eigenvalue weighted by molar-refractivity contribution is 6.16. The molecule has 0 radical (unpaired) electrons. The highest BCUT2D eigenvalue weighted by atomic mass is 35.5. The highest BCUT2D eigenvalue weighted by Gasteiger charge is 2.10. The van der Waals surface area contributed by atoms with Crippen molar-refractivity contribution in [2.45, 2.75) is 64.8 Å². The lowest BCUT2D eigenvalue weighted by atomic mass is 10.2. The normalized spacial score (nSPS) is 10.9. The van der Waals surface area contributed by atoms with Crippen LogP contribution in [-0.4, -0.2) is 15.0 Å². The summed E-state index contributed by atoms with van der Waals surface area (Å²) in [5.41, 5.74) is 2.19. The Labute approximate surface area is 103 Å². The minimum absolute atomic E-state index is 0.476. The molecule has 0 fully saturated rings. The zero-order valence-electron chi connectivity index (χ0n) is 10.4. The van der Waals surface area contributed by atoms with Crippen molar-refractivity contribution in [1.82, 2.24) is 15.0 Å². The van der Waals surface area contributed by atoms with Crippen LogP contribution in [0.25, 0.3) is 0 Å². The molecule has 0 saturated carbocycles. The van der Waals surface area contributed by atoms with Crippen LogP contribution in [0.4, 0.5) is 0 Å². The first-order valence-corrected chi connectivity index (χ1v) is 6.84. The molecular weight excluding hydrogens is 222 g/mol. The Balaban J connectivity index is 2.53. The van der Waals surface area contributed by atoms with Gasteiger partial charge >= 0.3 is 0 Å². The van der Waals surface area contributed by atoms with E-state index in [1.165, 1.54) is 31.4 Å². The third kappa shape index (κ3) is 3.78. The van der Waals surface area contributed by atoms with Crippen LogP contribution in [-0.2, 0) is 18.8 Å². The smallest absolute Gasteiger partial charge is 0.101 e. The number of aromatic nitrogens is 3. The van der Waals surface area contributed by atoms with Crippen LogP contribution in [0.5, 0.6) is 0 Å².